The van der Waals surface area contributed by atoms with Crippen LogP contribution in [0.15, 0.2) is 101 Å². The lowest BCUT2D eigenvalue weighted by molar-refractivity contribution is 0.0621. The van der Waals surface area contributed by atoms with E-state index in [2.05, 4.69) is 32.0 Å². The summed E-state index contributed by atoms with van der Waals surface area (Å²) >= 11 is 9.78. The molecule has 0 aliphatic carbocycles. The van der Waals surface area contributed by atoms with Crippen LogP contribution in [-0.4, -0.2) is 19.1 Å². The van der Waals surface area contributed by atoms with Gasteiger partial charge in [-0.3, -0.25) is 4.79 Å². The molecule has 5 aromatic rings. The Morgan fingerprint density at radius 1 is 1.10 bits per heavy atom. The van der Waals surface area contributed by atoms with Crippen LogP contribution in [0.25, 0.3) is 11.1 Å². The predicted molar refractivity (Wildman–Crippen MR) is 153 cm³/mol. The SMILES string of the molecule is Cn1cncc1C(OCc1cn(Cc2cccnc2Br)c(=O)cc1-c1cccc(Cl)c1)c1ccc(C#N)cc1. The molecule has 0 spiro atoms. The molecular weight excluding hydrogens is 578 g/mol. The second kappa shape index (κ2) is 11.8. The summed E-state index contributed by atoms with van der Waals surface area (Å²) in [6.45, 7) is 0.545. The Morgan fingerprint density at radius 3 is 2.62 bits per heavy atom. The maximum atomic E-state index is 13.2. The predicted octanol–water partition coefficient (Wildman–Crippen LogP) is 6.29. The summed E-state index contributed by atoms with van der Waals surface area (Å²) in [6.07, 6.45) is 6.56. The van der Waals surface area contributed by atoms with Gasteiger partial charge in [-0.15, -0.1) is 0 Å². The van der Waals surface area contributed by atoms with Crippen molar-refractivity contribution in [3.8, 4) is 17.2 Å². The molecule has 0 amide bonds. The Bertz CT molecular complexity index is 1720. The normalized spacial score (nSPS) is 11.7. The summed E-state index contributed by atoms with van der Waals surface area (Å²) in [5.74, 6) is 0. The Labute approximate surface area is 239 Å². The van der Waals surface area contributed by atoms with E-state index in [1.165, 1.54) is 0 Å². The van der Waals surface area contributed by atoms with E-state index in [0.717, 1.165) is 33.5 Å². The molecule has 0 aliphatic rings. The Morgan fingerprint density at radius 2 is 1.92 bits per heavy atom. The molecular formula is C30H23BrClN5O2. The van der Waals surface area contributed by atoms with E-state index in [0.29, 0.717) is 21.7 Å². The van der Waals surface area contributed by atoms with Crippen molar-refractivity contribution in [3.63, 3.8) is 0 Å². The van der Waals surface area contributed by atoms with Crippen molar-refractivity contribution >= 4 is 27.5 Å². The zero-order valence-corrected chi connectivity index (χ0v) is 23.3. The van der Waals surface area contributed by atoms with E-state index >= 15 is 0 Å². The topological polar surface area (TPSA) is 85.7 Å². The molecule has 2 aromatic carbocycles. The summed E-state index contributed by atoms with van der Waals surface area (Å²) in [6, 6.07) is 22.3. The lowest BCUT2D eigenvalue weighted by Crippen LogP contribution is -2.22. The van der Waals surface area contributed by atoms with Crippen LogP contribution in [0.3, 0.4) is 0 Å². The van der Waals surface area contributed by atoms with Crippen molar-refractivity contribution in [2.45, 2.75) is 19.3 Å². The summed E-state index contributed by atoms with van der Waals surface area (Å²) < 4.78 is 10.8. The van der Waals surface area contributed by atoms with Crippen LogP contribution in [-0.2, 0) is 24.9 Å². The highest BCUT2D eigenvalue weighted by atomic mass is 79.9. The van der Waals surface area contributed by atoms with Gasteiger partial charge in [0.2, 0.25) is 0 Å². The Balaban J connectivity index is 1.56. The number of imidazole rings is 1. The molecule has 0 saturated carbocycles. The van der Waals surface area contributed by atoms with Crippen molar-refractivity contribution < 1.29 is 4.74 Å². The van der Waals surface area contributed by atoms with E-state index in [1.807, 2.05) is 60.3 Å². The van der Waals surface area contributed by atoms with Gasteiger partial charge in [-0.25, -0.2) is 9.97 Å². The van der Waals surface area contributed by atoms with Crippen LogP contribution >= 0.6 is 27.5 Å². The van der Waals surface area contributed by atoms with Gasteiger partial charge in [-0.2, -0.15) is 5.26 Å². The van der Waals surface area contributed by atoms with Gasteiger partial charge in [0, 0.05) is 41.7 Å². The largest absolute Gasteiger partial charge is 0.362 e. The van der Waals surface area contributed by atoms with Crippen LogP contribution in [0.1, 0.15) is 34.1 Å². The highest BCUT2D eigenvalue weighted by Gasteiger charge is 2.20. The minimum Gasteiger partial charge on any atom is -0.362 e. The minimum absolute atomic E-state index is 0.153. The molecule has 1 unspecified atom stereocenters. The fourth-order valence-corrected chi connectivity index (χ4v) is 4.95. The van der Waals surface area contributed by atoms with Crippen LogP contribution in [0.2, 0.25) is 5.02 Å². The fourth-order valence-electron chi connectivity index (χ4n) is 4.38. The van der Waals surface area contributed by atoms with Crippen LogP contribution < -0.4 is 5.56 Å². The number of nitrogens with zero attached hydrogens (tertiary/aromatic N) is 5. The first-order valence-corrected chi connectivity index (χ1v) is 13.3. The van der Waals surface area contributed by atoms with E-state index in [1.54, 1.807) is 47.6 Å². The third-order valence-electron chi connectivity index (χ3n) is 6.39. The number of hydrogen-bond acceptors (Lipinski definition) is 5. The van der Waals surface area contributed by atoms with E-state index < -0.39 is 6.10 Å². The van der Waals surface area contributed by atoms with E-state index in [-0.39, 0.29) is 12.2 Å². The van der Waals surface area contributed by atoms with E-state index in [9.17, 15) is 10.1 Å². The first-order chi connectivity index (χ1) is 18.9. The highest BCUT2D eigenvalue weighted by molar-refractivity contribution is 9.10. The number of nitriles is 1. The number of halogens is 2. The van der Waals surface area contributed by atoms with Crippen molar-refractivity contribution in [1.29, 1.82) is 5.26 Å². The van der Waals surface area contributed by atoms with Crippen LogP contribution in [0.4, 0.5) is 0 Å². The van der Waals surface area contributed by atoms with Crippen molar-refractivity contribution in [2.75, 3.05) is 0 Å². The van der Waals surface area contributed by atoms with Crippen molar-refractivity contribution in [2.24, 2.45) is 7.05 Å². The number of hydrogen-bond donors (Lipinski definition) is 0. The third-order valence-corrected chi connectivity index (χ3v) is 7.34. The smallest absolute Gasteiger partial charge is 0.251 e. The summed E-state index contributed by atoms with van der Waals surface area (Å²) in [4.78, 5) is 21.8. The summed E-state index contributed by atoms with van der Waals surface area (Å²) in [5, 5.41) is 9.81. The Kier molecular flexibility index (Phi) is 8.03. The number of aromatic nitrogens is 4. The quantitative estimate of drug-likeness (QED) is 0.196. The molecule has 3 aromatic heterocycles. The molecule has 0 fully saturated rings. The standard InChI is InChI=1S/C30H23BrClN5O2/c1-36-19-34-15-27(36)29(21-9-7-20(14-33)8-10-21)39-18-24-17-37(16-23-5-3-11-35-30(23)31)28(38)13-26(24)22-4-2-6-25(32)12-22/h2-13,15,17,19,29H,16,18H2,1H3. The monoisotopic (exact) mass is 599 g/mol. The number of ether oxygens (including phenoxy) is 1. The van der Waals surface area contributed by atoms with Gasteiger partial charge in [0.25, 0.3) is 5.56 Å². The number of aryl methyl sites for hydroxylation is 1. The van der Waals surface area contributed by atoms with Gasteiger partial charge < -0.3 is 13.9 Å². The van der Waals surface area contributed by atoms with Gasteiger partial charge in [-0.1, -0.05) is 41.9 Å². The maximum Gasteiger partial charge on any atom is 0.251 e. The number of rotatable bonds is 8. The fraction of sp³-hybridized carbons (Fsp3) is 0.133. The second-order valence-corrected chi connectivity index (χ2v) is 10.2. The van der Waals surface area contributed by atoms with Gasteiger partial charge >= 0.3 is 0 Å². The molecule has 0 N–H and O–H groups in total. The lowest BCUT2D eigenvalue weighted by atomic mass is 10.0. The molecule has 39 heavy (non-hydrogen) atoms. The average Bonchev–Trinajstić information content (AvgIpc) is 3.37. The molecule has 7 nitrogen and oxygen atoms in total. The molecule has 3 heterocycles. The first-order valence-electron chi connectivity index (χ1n) is 12.1. The van der Waals surface area contributed by atoms with Crippen molar-refractivity contribution in [1.82, 2.24) is 19.1 Å². The first kappa shape index (κ1) is 26.6. The van der Waals surface area contributed by atoms with Gasteiger partial charge in [0.1, 0.15) is 10.7 Å². The molecule has 0 bridgehead atoms. The number of benzene rings is 2. The molecule has 0 aliphatic heterocycles. The molecule has 0 radical (unpaired) electrons. The molecule has 5 rings (SSSR count). The Hall–Kier alpha value is -4.03. The van der Waals surface area contributed by atoms with Gasteiger partial charge in [0.15, 0.2) is 0 Å². The second-order valence-electron chi connectivity index (χ2n) is 9.00. The van der Waals surface area contributed by atoms with Crippen LogP contribution in [0.5, 0.6) is 0 Å². The average molecular weight is 601 g/mol. The lowest BCUT2D eigenvalue weighted by Gasteiger charge is -2.21. The summed E-state index contributed by atoms with van der Waals surface area (Å²) in [5.41, 5.74) is 5.42. The maximum absolute atomic E-state index is 13.2. The minimum atomic E-state index is -0.453. The molecule has 194 valence electrons. The highest BCUT2D eigenvalue weighted by Crippen LogP contribution is 2.31. The van der Waals surface area contributed by atoms with Crippen LogP contribution in [0, 0.1) is 11.3 Å². The van der Waals surface area contributed by atoms with Gasteiger partial charge in [0.05, 0.1) is 43.0 Å². The van der Waals surface area contributed by atoms with Crippen molar-refractivity contribution in [3.05, 3.63) is 140 Å². The third kappa shape index (κ3) is 6.02. The number of pyridine rings is 2. The molecule has 1 atom stereocenters. The summed E-state index contributed by atoms with van der Waals surface area (Å²) in [7, 11) is 1.91. The van der Waals surface area contributed by atoms with E-state index in [4.69, 9.17) is 16.3 Å². The zero-order valence-electron chi connectivity index (χ0n) is 21.0. The van der Waals surface area contributed by atoms with Gasteiger partial charge in [-0.05, 0) is 63.0 Å². The zero-order chi connectivity index (χ0) is 27.4. The molecule has 0 saturated heterocycles. The molecule has 9 heteroatoms.